The molecule has 3 nitrogen and oxygen atoms in total. The zero-order valence-corrected chi connectivity index (χ0v) is 15.3. The highest BCUT2D eigenvalue weighted by molar-refractivity contribution is 6.31. The monoisotopic (exact) mass is 366 g/mol. The van der Waals surface area contributed by atoms with Crippen molar-refractivity contribution in [3.63, 3.8) is 0 Å². The van der Waals surface area contributed by atoms with Crippen molar-refractivity contribution in [3.8, 4) is 28.0 Å². The Morgan fingerprint density at radius 3 is 2.35 bits per heavy atom. The summed E-state index contributed by atoms with van der Waals surface area (Å²) in [6, 6.07) is 20.3. The molecular formula is C22H19ClO3. The predicted molar refractivity (Wildman–Crippen MR) is 105 cm³/mol. The third-order valence-electron chi connectivity index (χ3n) is 3.94. The van der Waals surface area contributed by atoms with Crippen LogP contribution in [0.5, 0.6) is 5.75 Å². The molecule has 0 saturated carbocycles. The summed E-state index contributed by atoms with van der Waals surface area (Å²) in [4.78, 5) is 11.3. The number of carbonyl (C=O) groups is 1. The number of aromatic carboxylic acids is 1. The molecular weight excluding hydrogens is 348 g/mol. The number of halogens is 1. The van der Waals surface area contributed by atoms with Crippen molar-refractivity contribution in [2.45, 2.75) is 20.0 Å². The summed E-state index contributed by atoms with van der Waals surface area (Å²) in [5.74, 6) is -0.206. The first kappa shape index (κ1) is 18.0. The molecule has 0 heterocycles. The molecule has 0 aliphatic carbocycles. The van der Waals surface area contributed by atoms with E-state index in [9.17, 15) is 9.90 Å². The Hall–Kier alpha value is -2.78. The van der Waals surface area contributed by atoms with Crippen molar-refractivity contribution in [3.05, 3.63) is 77.3 Å². The van der Waals surface area contributed by atoms with E-state index >= 15 is 0 Å². The molecule has 0 amide bonds. The number of carboxylic acid groups (broad SMARTS) is 1. The van der Waals surface area contributed by atoms with Crippen LogP contribution in [0.1, 0.15) is 24.2 Å². The maximum Gasteiger partial charge on any atom is 0.335 e. The molecule has 3 rings (SSSR count). The number of benzene rings is 3. The van der Waals surface area contributed by atoms with E-state index in [4.69, 9.17) is 16.3 Å². The topological polar surface area (TPSA) is 46.5 Å². The quantitative estimate of drug-likeness (QED) is 0.588. The molecule has 0 bridgehead atoms. The molecule has 0 aromatic heterocycles. The van der Waals surface area contributed by atoms with Crippen LogP contribution in [0, 0.1) is 0 Å². The average molecular weight is 367 g/mol. The smallest absolute Gasteiger partial charge is 0.335 e. The number of ether oxygens (including phenoxy) is 1. The van der Waals surface area contributed by atoms with Gasteiger partial charge in [0.05, 0.1) is 11.7 Å². The zero-order chi connectivity index (χ0) is 18.7. The second-order valence-electron chi connectivity index (χ2n) is 6.24. The van der Waals surface area contributed by atoms with Crippen LogP contribution in [0.2, 0.25) is 5.02 Å². The molecule has 132 valence electrons. The van der Waals surface area contributed by atoms with Crippen LogP contribution in [0.4, 0.5) is 0 Å². The highest BCUT2D eigenvalue weighted by Crippen LogP contribution is 2.39. The fourth-order valence-electron chi connectivity index (χ4n) is 2.86. The van der Waals surface area contributed by atoms with Crippen molar-refractivity contribution in [2.75, 3.05) is 0 Å². The van der Waals surface area contributed by atoms with E-state index in [2.05, 4.69) is 0 Å². The van der Waals surface area contributed by atoms with Gasteiger partial charge in [0.2, 0.25) is 0 Å². The number of hydrogen-bond acceptors (Lipinski definition) is 2. The van der Waals surface area contributed by atoms with Crippen molar-refractivity contribution in [1.29, 1.82) is 0 Å². The molecule has 0 atom stereocenters. The van der Waals surface area contributed by atoms with Gasteiger partial charge in [0.1, 0.15) is 5.75 Å². The maximum atomic E-state index is 11.3. The summed E-state index contributed by atoms with van der Waals surface area (Å²) in [5, 5.41) is 9.90. The minimum absolute atomic E-state index is 0.0254. The van der Waals surface area contributed by atoms with Gasteiger partial charge >= 0.3 is 5.97 Å². The molecule has 0 unspecified atom stereocenters. The van der Waals surface area contributed by atoms with Crippen LogP contribution in [-0.4, -0.2) is 17.2 Å². The van der Waals surface area contributed by atoms with Crippen molar-refractivity contribution < 1.29 is 14.6 Å². The molecule has 0 spiro atoms. The summed E-state index contributed by atoms with van der Waals surface area (Å²) in [6.07, 6.45) is 0.0254. The van der Waals surface area contributed by atoms with E-state index in [0.717, 1.165) is 28.0 Å². The van der Waals surface area contributed by atoms with Gasteiger partial charge in [-0.25, -0.2) is 4.79 Å². The van der Waals surface area contributed by atoms with Gasteiger partial charge in [-0.2, -0.15) is 0 Å². The predicted octanol–water partition coefficient (Wildman–Crippen LogP) is 6.16. The maximum absolute atomic E-state index is 11.3. The van der Waals surface area contributed by atoms with Crippen molar-refractivity contribution in [1.82, 2.24) is 0 Å². The van der Waals surface area contributed by atoms with Gasteiger partial charge in [-0.3, -0.25) is 0 Å². The van der Waals surface area contributed by atoms with Gasteiger partial charge in [-0.05, 0) is 60.9 Å². The Morgan fingerprint density at radius 1 is 0.923 bits per heavy atom. The van der Waals surface area contributed by atoms with E-state index in [0.29, 0.717) is 5.02 Å². The van der Waals surface area contributed by atoms with Gasteiger partial charge in [-0.1, -0.05) is 48.0 Å². The normalized spacial score (nSPS) is 10.8. The average Bonchev–Trinajstić information content (AvgIpc) is 2.63. The third kappa shape index (κ3) is 3.89. The first-order chi connectivity index (χ1) is 12.5. The summed E-state index contributed by atoms with van der Waals surface area (Å²) in [6.45, 7) is 3.95. The zero-order valence-electron chi connectivity index (χ0n) is 14.6. The minimum Gasteiger partial charge on any atom is -0.490 e. The Labute approximate surface area is 157 Å². The lowest BCUT2D eigenvalue weighted by atomic mass is 9.93. The highest BCUT2D eigenvalue weighted by Gasteiger charge is 2.14. The molecule has 0 saturated heterocycles. The Balaban J connectivity index is 2.19. The van der Waals surface area contributed by atoms with E-state index in [1.165, 1.54) is 0 Å². The Morgan fingerprint density at radius 2 is 1.65 bits per heavy atom. The van der Waals surface area contributed by atoms with Crippen LogP contribution < -0.4 is 4.74 Å². The number of hydrogen-bond donors (Lipinski definition) is 1. The molecule has 3 aromatic carbocycles. The summed E-state index contributed by atoms with van der Waals surface area (Å²) in [7, 11) is 0. The van der Waals surface area contributed by atoms with Gasteiger partial charge in [0, 0.05) is 10.6 Å². The first-order valence-corrected chi connectivity index (χ1v) is 8.73. The molecule has 26 heavy (non-hydrogen) atoms. The van der Waals surface area contributed by atoms with Gasteiger partial charge in [-0.15, -0.1) is 0 Å². The SMILES string of the molecule is CC(C)Oc1ccc(Cl)cc1-c1ccccc1-c1cccc(C(=O)O)c1. The van der Waals surface area contributed by atoms with Crippen molar-refractivity contribution in [2.24, 2.45) is 0 Å². The Bertz CT molecular complexity index is 948. The number of rotatable bonds is 5. The summed E-state index contributed by atoms with van der Waals surface area (Å²) in [5.41, 5.74) is 3.82. The lowest BCUT2D eigenvalue weighted by Gasteiger charge is -2.17. The molecule has 0 radical (unpaired) electrons. The lowest BCUT2D eigenvalue weighted by Crippen LogP contribution is -2.06. The largest absolute Gasteiger partial charge is 0.490 e. The second-order valence-corrected chi connectivity index (χ2v) is 6.68. The van der Waals surface area contributed by atoms with Gasteiger partial charge in [0.15, 0.2) is 0 Å². The highest BCUT2D eigenvalue weighted by atomic mass is 35.5. The van der Waals surface area contributed by atoms with Crippen LogP contribution >= 0.6 is 11.6 Å². The fraction of sp³-hybridized carbons (Fsp3) is 0.136. The molecule has 1 N–H and O–H groups in total. The van der Waals surface area contributed by atoms with E-state index < -0.39 is 5.97 Å². The number of carboxylic acids is 1. The van der Waals surface area contributed by atoms with Crippen LogP contribution in [0.15, 0.2) is 66.7 Å². The van der Waals surface area contributed by atoms with Crippen LogP contribution in [0.25, 0.3) is 22.3 Å². The molecule has 0 aliphatic heterocycles. The fourth-order valence-corrected chi connectivity index (χ4v) is 3.03. The minimum atomic E-state index is -0.948. The second kappa shape index (κ2) is 7.63. The Kier molecular flexibility index (Phi) is 5.29. The molecule has 4 heteroatoms. The van der Waals surface area contributed by atoms with E-state index in [-0.39, 0.29) is 11.7 Å². The lowest BCUT2D eigenvalue weighted by molar-refractivity contribution is 0.0697. The summed E-state index contributed by atoms with van der Waals surface area (Å²) >= 11 is 6.24. The van der Waals surface area contributed by atoms with Gasteiger partial charge < -0.3 is 9.84 Å². The van der Waals surface area contributed by atoms with Crippen molar-refractivity contribution >= 4 is 17.6 Å². The molecule has 0 fully saturated rings. The van der Waals surface area contributed by atoms with Gasteiger partial charge in [0.25, 0.3) is 0 Å². The molecule has 0 aliphatic rings. The van der Waals surface area contributed by atoms with Crippen LogP contribution in [0.3, 0.4) is 0 Å². The standard InChI is InChI=1S/C22H19ClO3/c1-14(2)26-21-11-10-17(23)13-20(21)19-9-4-3-8-18(19)15-6-5-7-16(12-15)22(24)25/h3-14H,1-2H3,(H,24,25). The third-order valence-corrected chi connectivity index (χ3v) is 4.18. The molecule has 3 aromatic rings. The van der Waals surface area contributed by atoms with Crippen LogP contribution in [-0.2, 0) is 0 Å². The summed E-state index contributed by atoms with van der Waals surface area (Å²) < 4.78 is 5.95. The van der Waals surface area contributed by atoms with E-state index in [1.807, 2.05) is 56.3 Å². The first-order valence-electron chi connectivity index (χ1n) is 8.35. The van der Waals surface area contributed by atoms with E-state index in [1.54, 1.807) is 24.3 Å².